The monoisotopic (exact) mass is 805 g/mol. The number of rotatable bonds is 4. The number of aromatic nitrogens is 3. The molecule has 62 heavy (non-hydrogen) atoms. The molecule has 4 heteroatoms. The molecule has 0 bridgehead atoms. The Labute approximate surface area is 363 Å². The summed E-state index contributed by atoms with van der Waals surface area (Å²) in [7, 11) is 0. The van der Waals surface area contributed by atoms with Crippen LogP contribution in [-0.2, 0) is 5.41 Å². The zero-order chi connectivity index (χ0) is 40.8. The number of pyridine rings is 1. The lowest BCUT2D eigenvalue weighted by Crippen LogP contribution is -2.29. The molecule has 3 nitrogen and oxygen atoms in total. The highest BCUT2D eigenvalue weighted by Crippen LogP contribution is 2.63. The van der Waals surface area contributed by atoms with E-state index in [1.807, 2.05) is 29.8 Å². The van der Waals surface area contributed by atoms with Gasteiger partial charge in [-0.15, -0.1) is 11.3 Å². The van der Waals surface area contributed by atoms with Crippen molar-refractivity contribution in [2.45, 2.75) is 5.41 Å². The second kappa shape index (κ2) is 13.6. The van der Waals surface area contributed by atoms with Crippen molar-refractivity contribution in [1.82, 2.24) is 15.0 Å². The summed E-state index contributed by atoms with van der Waals surface area (Å²) in [6.45, 7) is 0. The van der Waals surface area contributed by atoms with Gasteiger partial charge in [0.15, 0.2) is 5.82 Å². The van der Waals surface area contributed by atoms with E-state index in [2.05, 4.69) is 199 Å². The van der Waals surface area contributed by atoms with Gasteiger partial charge in [0.05, 0.1) is 16.8 Å². The molecule has 1 atom stereocenters. The molecule has 0 radical (unpaired) electrons. The van der Waals surface area contributed by atoms with Crippen molar-refractivity contribution in [3.63, 3.8) is 0 Å². The third-order valence-corrected chi connectivity index (χ3v) is 14.2. The van der Waals surface area contributed by atoms with Crippen molar-refractivity contribution in [3.8, 4) is 78.4 Å². The zero-order valence-electron chi connectivity index (χ0n) is 33.5. The molecule has 1 unspecified atom stereocenters. The molecule has 3 aromatic heterocycles. The summed E-state index contributed by atoms with van der Waals surface area (Å²) in [5.41, 5.74) is 19.0. The molecular formula is C58H35N3S. The quantitative estimate of drug-likeness (QED) is 0.178. The molecular weight excluding hydrogens is 771 g/mol. The van der Waals surface area contributed by atoms with E-state index >= 15 is 0 Å². The molecule has 3 heterocycles. The summed E-state index contributed by atoms with van der Waals surface area (Å²) in [5.74, 6) is 0.688. The second-order valence-electron chi connectivity index (χ2n) is 16.3. The number of nitrogens with zero attached hydrogens (tertiary/aromatic N) is 3. The Morgan fingerprint density at radius 3 is 1.73 bits per heavy atom. The predicted molar refractivity (Wildman–Crippen MR) is 256 cm³/mol. The third-order valence-electron chi connectivity index (χ3n) is 13.0. The van der Waals surface area contributed by atoms with Gasteiger partial charge in [0.1, 0.15) is 0 Å². The van der Waals surface area contributed by atoms with Crippen LogP contribution in [0.4, 0.5) is 0 Å². The molecule has 0 aliphatic heterocycles. The van der Waals surface area contributed by atoms with Crippen LogP contribution < -0.4 is 0 Å². The van der Waals surface area contributed by atoms with Crippen LogP contribution in [0.2, 0.25) is 0 Å². The highest BCUT2D eigenvalue weighted by Gasteiger charge is 2.50. The predicted octanol–water partition coefficient (Wildman–Crippen LogP) is 14.9. The molecule has 0 fully saturated rings. The molecule has 13 rings (SSSR count). The molecule has 11 aromatic rings. The molecule has 2 aliphatic rings. The van der Waals surface area contributed by atoms with Crippen LogP contribution in [0.5, 0.6) is 0 Å². The first-order valence-electron chi connectivity index (χ1n) is 21.1. The highest BCUT2D eigenvalue weighted by molar-refractivity contribution is 7.26. The Morgan fingerprint density at radius 2 is 0.968 bits per heavy atom. The summed E-state index contributed by atoms with van der Waals surface area (Å²) in [5, 5.41) is 2.62. The van der Waals surface area contributed by atoms with E-state index < -0.39 is 5.41 Å². The fourth-order valence-electron chi connectivity index (χ4n) is 10.3. The van der Waals surface area contributed by atoms with E-state index in [1.54, 1.807) is 0 Å². The lowest BCUT2D eigenvalue weighted by atomic mass is 9.65. The second-order valence-corrected chi connectivity index (χ2v) is 17.3. The van der Waals surface area contributed by atoms with Crippen LogP contribution in [0.1, 0.15) is 22.3 Å². The fraction of sp³-hybridized carbons (Fsp3) is 0.0172. The summed E-state index contributed by atoms with van der Waals surface area (Å²) < 4.78 is 2.65. The highest BCUT2D eigenvalue weighted by atomic mass is 32.1. The summed E-state index contributed by atoms with van der Waals surface area (Å²) >= 11 is 1.91. The molecule has 0 saturated carbocycles. The minimum atomic E-state index is -0.640. The smallest absolute Gasteiger partial charge is 0.160 e. The normalized spacial score (nSPS) is 14.5. The van der Waals surface area contributed by atoms with Crippen molar-refractivity contribution in [2.75, 3.05) is 0 Å². The van der Waals surface area contributed by atoms with Gasteiger partial charge in [-0.05, 0) is 85.5 Å². The summed E-state index contributed by atoms with van der Waals surface area (Å²) in [4.78, 5) is 15.1. The standard InChI is InChI=1S/C58H35N3S/c1-2-13-37(14-3-1)52-34-53(38-26-24-36(25-27-38)40-15-12-32-59-35-40)61-57(60-52)39-28-29-44-42-17-5-4-16-41(42)43-18-6-9-21-48(43)58(51(44)33-39)49-22-10-7-20-47(49)55-50(58)31-30-46-45-19-8-11-23-54(45)62-56(46)55/h1-35H. The minimum Gasteiger partial charge on any atom is -0.264 e. The van der Waals surface area contributed by atoms with Gasteiger partial charge < -0.3 is 0 Å². The van der Waals surface area contributed by atoms with E-state index in [-0.39, 0.29) is 0 Å². The van der Waals surface area contributed by atoms with Gasteiger partial charge in [0, 0.05) is 54.8 Å². The largest absolute Gasteiger partial charge is 0.264 e. The first-order valence-corrected chi connectivity index (χ1v) is 21.9. The van der Waals surface area contributed by atoms with Crippen LogP contribution in [0.25, 0.3) is 98.6 Å². The molecule has 1 spiro atoms. The lowest BCUT2D eigenvalue weighted by molar-refractivity contribution is 0.776. The molecule has 0 N–H and O–H groups in total. The third kappa shape index (κ3) is 5.08. The van der Waals surface area contributed by atoms with Crippen molar-refractivity contribution < 1.29 is 0 Å². The topological polar surface area (TPSA) is 38.7 Å². The van der Waals surface area contributed by atoms with E-state index in [1.165, 1.54) is 75.8 Å². The SMILES string of the molecule is c1ccc(-c2cc(-c3ccc(-c4cccnc4)cc3)nc(-c3ccc4c(c3)C3(c5ccccc5-c5ccccc5-4)c4ccccc4-c4c3ccc3c4sc4ccccc43)n2)cc1. The van der Waals surface area contributed by atoms with Crippen LogP contribution >= 0.6 is 11.3 Å². The number of hydrogen-bond donors (Lipinski definition) is 0. The number of hydrogen-bond acceptors (Lipinski definition) is 4. The van der Waals surface area contributed by atoms with Crippen molar-refractivity contribution in [3.05, 3.63) is 235 Å². The van der Waals surface area contributed by atoms with Crippen molar-refractivity contribution >= 4 is 31.5 Å². The Morgan fingerprint density at radius 1 is 0.371 bits per heavy atom. The van der Waals surface area contributed by atoms with Crippen LogP contribution in [-0.4, -0.2) is 15.0 Å². The van der Waals surface area contributed by atoms with Crippen molar-refractivity contribution in [1.29, 1.82) is 0 Å². The number of benzene rings is 8. The van der Waals surface area contributed by atoms with E-state index in [0.29, 0.717) is 5.82 Å². The Bertz CT molecular complexity index is 3570. The molecule has 8 aromatic carbocycles. The van der Waals surface area contributed by atoms with Gasteiger partial charge >= 0.3 is 0 Å². The van der Waals surface area contributed by atoms with E-state index in [9.17, 15) is 0 Å². The maximum atomic E-state index is 5.41. The zero-order valence-corrected chi connectivity index (χ0v) is 34.3. The molecule has 2 aliphatic carbocycles. The van der Waals surface area contributed by atoms with Gasteiger partial charge in [0.2, 0.25) is 0 Å². The average Bonchev–Trinajstić information content (AvgIpc) is 3.85. The van der Waals surface area contributed by atoms with Crippen LogP contribution in [0, 0.1) is 0 Å². The maximum Gasteiger partial charge on any atom is 0.160 e. The lowest BCUT2D eigenvalue weighted by Gasteiger charge is -2.35. The number of fused-ring (bicyclic) bond motifs is 16. The van der Waals surface area contributed by atoms with E-state index in [4.69, 9.17) is 9.97 Å². The van der Waals surface area contributed by atoms with Crippen LogP contribution in [0.3, 0.4) is 0 Å². The summed E-state index contributed by atoms with van der Waals surface area (Å²) in [6, 6.07) is 73.0. The Hall–Kier alpha value is -7.79. The Balaban J connectivity index is 1.10. The van der Waals surface area contributed by atoms with Gasteiger partial charge in [-0.1, -0.05) is 176 Å². The van der Waals surface area contributed by atoms with Gasteiger partial charge in [-0.3, -0.25) is 4.98 Å². The number of thiophene rings is 1. The fourth-order valence-corrected chi connectivity index (χ4v) is 11.6. The molecule has 0 amide bonds. The first kappa shape index (κ1) is 35.0. The van der Waals surface area contributed by atoms with Gasteiger partial charge in [-0.25, -0.2) is 9.97 Å². The van der Waals surface area contributed by atoms with Crippen LogP contribution in [0.15, 0.2) is 213 Å². The summed E-state index contributed by atoms with van der Waals surface area (Å²) in [6.07, 6.45) is 3.71. The van der Waals surface area contributed by atoms with Crippen molar-refractivity contribution in [2.24, 2.45) is 0 Å². The minimum absolute atomic E-state index is 0.640. The molecule has 0 saturated heterocycles. The maximum absolute atomic E-state index is 5.41. The first-order chi connectivity index (χ1) is 30.7. The van der Waals surface area contributed by atoms with E-state index in [0.717, 1.165) is 39.2 Å². The Kier molecular flexibility index (Phi) is 7.69. The van der Waals surface area contributed by atoms with Gasteiger partial charge in [-0.2, -0.15) is 0 Å². The van der Waals surface area contributed by atoms with Gasteiger partial charge in [0.25, 0.3) is 0 Å². The molecule has 288 valence electrons. The average molecular weight is 806 g/mol.